The fourth-order valence-corrected chi connectivity index (χ4v) is 4.95. The molecule has 0 radical (unpaired) electrons. The zero-order chi connectivity index (χ0) is 24.8. The summed E-state index contributed by atoms with van der Waals surface area (Å²) < 4.78 is 29.5. The van der Waals surface area contributed by atoms with Crippen molar-refractivity contribution in [3.63, 3.8) is 0 Å². The van der Waals surface area contributed by atoms with Crippen LogP contribution in [0.3, 0.4) is 0 Å². The van der Waals surface area contributed by atoms with Crippen molar-refractivity contribution in [2.45, 2.75) is 16.9 Å². The third-order valence-electron chi connectivity index (χ3n) is 6.14. The molecule has 2 unspecified atom stereocenters. The number of hydrogen-bond donors (Lipinski definition) is 2. The van der Waals surface area contributed by atoms with E-state index in [4.69, 9.17) is 4.74 Å². The number of carbonyl (C=O) groups is 1. The Labute approximate surface area is 206 Å². The van der Waals surface area contributed by atoms with Crippen LogP contribution in [0.4, 0.5) is 10.5 Å². The second-order valence-electron chi connectivity index (χ2n) is 8.68. The van der Waals surface area contributed by atoms with E-state index in [1.807, 2.05) is 48.5 Å². The summed E-state index contributed by atoms with van der Waals surface area (Å²) in [5, 5.41) is 5.97. The van der Waals surface area contributed by atoms with Crippen LogP contribution in [0.25, 0.3) is 11.3 Å². The van der Waals surface area contributed by atoms with Gasteiger partial charge in [-0.25, -0.2) is 13.2 Å². The third kappa shape index (κ3) is 6.25. The topological polar surface area (TPSA) is 101 Å². The summed E-state index contributed by atoms with van der Waals surface area (Å²) in [7, 11) is -1.82. The number of likely N-dealkylation sites (tertiary alicyclic amines) is 1. The highest BCUT2D eigenvalue weighted by Gasteiger charge is 2.34. The molecule has 8 nitrogen and oxygen atoms in total. The van der Waals surface area contributed by atoms with Crippen molar-refractivity contribution >= 4 is 21.6 Å². The van der Waals surface area contributed by atoms with Gasteiger partial charge in [-0.05, 0) is 11.6 Å². The molecule has 2 aromatic carbocycles. The van der Waals surface area contributed by atoms with Gasteiger partial charge >= 0.3 is 6.03 Å². The van der Waals surface area contributed by atoms with Gasteiger partial charge in [0.05, 0.1) is 28.9 Å². The Hall–Kier alpha value is -3.27. The van der Waals surface area contributed by atoms with Gasteiger partial charge in [-0.15, -0.1) is 0 Å². The molecule has 0 saturated carbocycles. The van der Waals surface area contributed by atoms with Crippen molar-refractivity contribution < 1.29 is 17.9 Å². The lowest BCUT2D eigenvalue weighted by molar-refractivity contribution is 0.159. The summed E-state index contributed by atoms with van der Waals surface area (Å²) in [5.41, 5.74) is 2.77. The highest BCUT2D eigenvalue weighted by molar-refractivity contribution is 7.90. The molecule has 1 aromatic heterocycles. The number of methoxy groups -OCH3 is 1. The molecule has 9 heteroatoms. The number of carbonyl (C=O) groups excluding carboxylic acids is 1. The molecule has 2 N–H and O–H groups in total. The van der Waals surface area contributed by atoms with Gasteiger partial charge in [0.1, 0.15) is 0 Å². The summed E-state index contributed by atoms with van der Waals surface area (Å²) in [6.45, 7) is 2.88. The summed E-state index contributed by atoms with van der Waals surface area (Å²) >= 11 is 0. The highest BCUT2D eigenvalue weighted by atomic mass is 32.2. The molecular formula is C26H30N4O4S. The van der Waals surface area contributed by atoms with Crippen LogP contribution >= 0.6 is 0 Å². The average molecular weight is 495 g/mol. The normalized spacial score (nSPS) is 18.3. The van der Waals surface area contributed by atoms with Crippen LogP contribution in [0.2, 0.25) is 0 Å². The number of nitrogens with one attached hydrogen (secondary N) is 2. The molecule has 2 amide bonds. The van der Waals surface area contributed by atoms with Crippen LogP contribution in [0, 0.1) is 0 Å². The molecule has 2 heterocycles. The summed E-state index contributed by atoms with van der Waals surface area (Å²) in [5.74, 6) is 0.118. The molecule has 0 bridgehead atoms. The molecule has 0 spiro atoms. The zero-order valence-electron chi connectivity index (χ0n) is 19.8. The largest absolute Gasteiger partial charge is 0.383 e. The lowest BCUT2D eigenvalue weighted by atomic mass is 9.94. The summed E-state index contributed by atoms with van der Waals surface area (Å²) in [4.78, 5) is 19.8. The van der Waals surface area contributed by atoms with Crippen LogP contribution in [0.15, 0.2) is 77.8 Å². The van der Waals surface area contributed by atoms with Crippen molar-refractivity contribution in [3.05, 3.63) is 78.5 Å². The first kappa shape index (κ1) is 24.8. The van der Waals surface area contributed by atoms with Crippen molar-refractivity contribution in [2.75, 3.05) is 44.9 Å². The number of sulfone groups is 1. The number of anilines is 1. The van der Waals surface area contributed by atoms with Gasteiger partial charge in [0.2, 0.25) is 0 Å². The van der Waals surface area contributed by atoms with E-state index < -0.39 is 15.9 Å². The molecule has 2 atom stereocenters. The van der Waals surface area contributed by atoms with Gasteiger partial charge in [0.25, 0.3) is 0 Å². The van der Waals surface area contributed by atoms with E-state index in [2.05, 4.69) is 32.7 Å². The van der Waals surface area contributed by atoms with Crippen LogP contribution in [-0.4, -0.2) is 70.0 Å². The van der Waals surface area contributed by atoms with E-state index in [1.165, 1.54) is 12.3 Å². The standard InChI is InChI=1S/C26H30N4O4S/c1-34-14-13-30-17-22(19-9-5-3-6-10-19)24(18-30)29-26(31)28-23-15-21(35(2,32)33)16-27-25(23)20-11-7-4-8-12-20/h3-12,15-16,22,24H,13-14,17-18H2,1-2H3,(H2,28,29,31). The first-order valence-electron chi connectivity index (χ1n) is 11.4. The molecule has 184 valence electrons. The lowest BCUT2D eigenvalue weighted by Crippen LogP contribution is -2.42. The molecule has 1 aliphatic heterocycles. The van der Waals surface area contributed by atoms with E-state index in [1.54, 1.807) is 7.11 Å². The smallest absolute Gasteiger partial charge is 0.319 e. The number of rotatable bonds is 8. The number of pyridine rings is 1. The monoisotopic (exact) mass is 494 g/mol. The maximum absolute atomic E-state index is 13.2. The minimum Gasteiger partial charge on any atom is -0.383 e. The maximum Gasteiger partial charge on any atom is 0.319 e. The Bertz CT molecular complexity index is 1250. The van der Waals surface area contributed by atoms with Crippen molar-refractivity contribution in [3.8, 4) is 11.3 Å². The van der Waals surface area contributed by atoms with Gasteiger partial charge in [0, 0.05) is 50.7 Å². The number of nitrogens with zero attached hydrogens (tertiary/aromatic N) is 2. The van der Waals surface area contributed by atoms with Gasteiger partial charge in [-0.3, -0.25) is 9.88 Å². The number of amides is 2. The van der Waals surface area contributed by atoms with Crippen molar-refractivity contribution in [1.82, 2.24) is 15.2 Å². The van der Waals surface area contributed by atoms with Crippen molar-refractivity contribution in [2.24, 2.45) is 0 Å². The maximum atomic E-state index is 13.2. The van der Waals surface area contributed by atoms with Crippen molar-refractivity contribution in [1.29, 1.82) is 0 Å². The van der Waals surface area contributed by atoms with Gasteiger partial charge in [-0.1, -0.05) is 60.7 Å². The summed E-state index contributed by atoms with van der Waals surface area (Å²) in [6, 6.07) is 20.4. The molecule has 0 aliphatic carbocycles. The average Bonchev–Trinajstić information content (AvgIpc) is 3.25. The second-order valence-corrected chi connectivity index (χ2v) is 10.7. The lowest BCUT2D eigenvalue weighted by Gasteiger charge is -2.21. The van der Waals surface area contributed by atoms with Gasteiger partial charge in [-0.2, -0.15) is 0 Å². The molecule has 1 fully saturated rings. The fraction of sp³-hybridized carbons (Fsp3) is 0.308. The molecule has 1 aliphatic rings. The fourth-order valence-electron chi connectivity index (χ4n) is 4.37. The number of hydrogen-bond acceptors (Lipinski definition) is 6. The SMILES string of the molecule is COCCN1CC(NC(=O)Nc2cc(S(C)(=O)=O)cnc2-c2ccccc2)C(c2ccccc2)C1. The van der Waals surface area contributed by atoms with Crippen LogP contribution < -0.4 is 10.6 Å². The Morgan fingerprint density at radius 1 is 1.09 bits per heavy atom. The van der Waals surface area contributed by atoms with E-state index in [9.17, 15) is 13.2 Å². The van der Waals surface area contributed by atoms with Gasteiger partial charge in [0.15, 0.2) is 9.84 Å². The Morgan fingerprint density at radius 3 is 2.43 bits per heavy atom. The molecule has 3 aromatic rings. The second kappa shape index (κ2) is 11.0. The van der Waals surface area contributed by atoms with Crippen LogP contribution in [-0.2, 0) is 14.6 Å². The van der Waals surface area contributed by atoms with Crippen LogP contribution in [0.5, 0.6) is 0 Å². The quantitative estimate of drug-likeness (QED) is 0.498. The first-order valence-corrected chi connectivity index (χ1v) is 13.3. The summed E-state index contributed by atoms with van der Waals surface area (Å²) in [6.07, 6.45) is 2.43. The van der Waals surface area contributed by atoms with E-state index in [0.29, 0.717) is 24.5 Å². The predicted molar refractivity (Wildman–Crippen MR) is 136 cm³/mol. The minimum absolute atomic E-state index is 0.0428. The first-order chi connectivity index (χ1) is 16.8. The Balaban J connectivity index is 1.57. The van der Waals surface area contributed by atoms with Gasteiger partial charge < -0.3 is 15.4 Å². The number of aromatic nitrogens is 1. The molecular weight excluding hydrogens is 464 g/mol. The Morgan fingerprint density at radius 2 is 1.77 bits per heavy atom. The number of ether oxygens (including phenoxy) is 1. The molecule has 4 rings (SSSR count). The third-order valence-corrected chi connectivity index (χ3v) is 7.22. The Kier molecular flexibility index (Phi) is 7.80. The van der Waals surface area contributed by atoms with E-state index >= 15 is 0 Å². The number of urea groups is 1. The molecule has 35 heavy (non-hydrogen) atoms. The zero-order valence-corrected chi connectivity index (χ0v) is 20.7. The highest BCUT2D eigenvalue weighted by Crippen LogP contribution is 2.30. The number of benzene rings is 2. The van der Waals surface area contributed by atoms with Crippen LogP contribution in [0.1, 0.15) is 11.5 Å². The van der Waals surface area contributed by atoms with E-state index in [-0.39, 0.29) is 16.9 Å². The molecule has 1 saturated heterocycles. The predicted octanol–water partition coefficient (Wildman–Crippen LogP) is 3.39. The minimum atomic E-state index is -3.50. The van der Waals surface area contributed by atoms with E-state index in [0.717, 1.165) is 30.5 Å².